The van der Waals surface area contributed by atoms with E-state index in [9.17, 15) is 24.6 Å². The molecule has 0 amide bonds. The molecule has 2 N–H and O–H groups in total. The minimum absolute atomic E-state index is 0.193. The van der Waals surface area contributed by atoms with Crippen LogP contribution in [0.4, 0.5) is 0 Å². The molecule has 3 heterocycles. The summed E-state index contributed by atoms with van der Waals surface area (Å²) in [4.78, 5) is 41.6. The van der Waals surface area contributed by atoms with Crippen molar-refractivity contribution in [1.82, 2.24) is 0 Å². The second-order valence-electron chi connectivity index (χ2n) is 19.0. The molecule has 8 rings (SSSR count). The van der Waals surface area contributed by atoms with Gasteiger partial charge in [0.2, 0.25) is 0 Å². The fourth-order valence-corrected chi connectivity index (χ4v) is 11.7. The molecule has 3 aliphatic heterocycles. The number of fused-ring (bicyclic) bond motifs is 3. The minimum atomic E-state index is -2.48. The molecule has 11 nitrogen and oxygen atoms in total. The van der Waals surface area contributed by atoms with Crippen molar-refractivity contribution in [2.24, 2.45) is 17.8 Å². The molecule has 2 aromatic carbocycles. The number of aliphatic hydroxyl groups is 2. The quantitative estimate of drug-likeness (QED) is 0.0408. The van der Waals surface area contributed by atoms with Gasteiger partial charge in [-0.25, -0.2) is 4.79 Å². The van der Waals surface area contributed by atoms with Crippen LogP contribution < -0.4 is 0 Å². The molecule has 63 heavy (non-hydrogen) atoms. The summed E-state index contributed by atoms with van der Waals surface area (Å²) in [6.07, 6.45) is 15.3. The normalized spacial score (nSPS) is 36.9. The van der Waals surface area contributed by atoms with Crippen molar-refractivity contribution in [2.75, 3.05) is 6.61 Å². The Morgan fingerprint density at radius 3 is 2.06 bits per heavy atom. The number of unbranched alkanes of at least 4 members (excludes halogenated alkanes) is 12. The Morgan fingerprint density at radius 1 is 0.841 bits per heavy atom. The number of hydrogen-bond donors (Lipinski definition) is 2. The molecule has 3 aliphatic carbocycles. The number of esters is 2. The second kappa shape index (κ2) is 18.1. The second-order valence-corrected chi connectivity index (χ2v) is 19.0. The zero-order valence-corrected chi connectivity index (χ0v) is 37.4. The number of ether oxygens (including phenoxy) is 6. The maximum atomic E-state index is 14.4. The number of epoxide rings is 1. The molecule has 12 atom stereocenters. The van der Waals surface area contributed by atoms with Gasteiger partial charge in [0.25, 0.3) is 0 Å². The van der Waals surface area contributed by atoms with Crippen LogP contribution in [-0.2, 0) is 48.8 Å². The van der Waals surface area contributed by atoms with E-state index in [2.05, 4.69) is 13.5 Å². The molecule has 6 aliphatic rings. The Labute approximate surface area is 372 Å². The number of rotatable bonds is 21. The number of aliphatic hydroxyl groups excluding tert-OH is 1. The van der Waals surface area contributed by atoms with Gasteiger partial charge in [-0.1, -0.05) is 164 Å². The third-order valence-corrected chi connectivity index (χ3v) is 15.0. The van der Waals surface area contributed by atoms with Gasteiger partial charge in [-0.3, -0.25) is 9.59 Å². The molecule has 0 aromatic heterocycles. The van der Waals surface area contributed by atoms with Gasteiger partial charge in [-0.05, 0) is 43.1 Å². The number of benzene rings is 2. The first-order valence-electron chi connectivity index (χ1n) is 23.5. The van der Waals surface area contributed by atoms with Crippen molar-refractivity contribution in [3.8, 4) is 0 Å². The number of carbonyl (C=O) groups excluding carboxylic acids is 3. The molecule has 0 spiro atoms. The first kappa shape index (κ1) is 45.6. The summed E-state index contributed by atoms with van der Waals surface area (Å²) in [5.74, 6) is -6.56. The van der Waals surface area contributed by atoms with E-state index in [0.29, 0.717) is 17.6 Å². The Hall–Kier alpha value is -3.97. The summed E-state index contributed by atoms with van der Waals surface area (Å²) in [6.45, 7) is 11.5. The lowest BCUT2D eigenvalue weighted by atomic mass is 9.53. The predicted molar refractivity (Wildman–Crippen MR) is 236 cm³/mol. The Morgan fingerprint density at radius 2 is 1.44 bits per heavy atom. The lowest BCUT2D eigenvalue weighted by molar-refractivity contribution is -0.440. The number of carbonyl (C=O) groups is 3. The van der Waals surface area contributed by atoms with Crippen LogP contribution in [0.15, 0.2) is 90.5 Å². The van der Waals surface area contributed by atoms with Gasteiger partial charge in [0.15, 0.2) is 22.6 Å². The highest BCUT2D eigenvalue weighted by molar-refractivity contribution is 6.05. The van der Waals surface area contributed by atoms with Crippen LogP contribution in [0, 0.1) is 17.8 Å². The topological polar surface area (TPSA) is 150 Å². The van der Waals surface area contributed by atoms with Crippen LogP contribution in [0.1, 0.15) is 129 Å². The molecule has 0 radical (unpaired) electrons. The summed E-state index contributed by atoms with van der Waals surface area (Å²) in [5, 5.41) is 25.5. The van der Waals surface area contributed by atoms with E-state index >= 15 is 0 Å². The monoisotopic (exact) mass is 866 g/mol. The van der Waals surface area contributed by atoms with Crippen molar-refractivity contribution >= 4 is 23.8 Å². The number of hydrogen-bond acceptors (Lipinski definition) is 11. The molecule has 3 saturated heterocycles. The third-order valence-electron chi connectivity index (χ3n) is 15.0. The van der Waals surface area contributed by atoms with Crippen molar-refractivity contribution in [3.63, 3.8) is 0 Å². The van der Waals surface area contributed by atoms with E-state index in [1.807, 2.05) is 55.5 Å². The van der Waals surface area contributed by atoms with Crippen LogP contribution in [0.25, 0.3) is 6.08 Å². The molecule has 340 valence electrons. The summed E-state index contributed by atoms with van der Waals surface area (Å²) >= 11 is 0. The van der Waals surface area contributed by atoms with Crippen LogP contribution in [0.3, 0.4) is 0 Å². The van der Waals surface area contributed by atoms with Crippen molar-refractivity contribution in [3.05, 3.63) is 102 Å². The van der Waals surface area contributed by atoms with Gasteiger partial charge in [0, 0.05) is 35.8 Å². The zero-order valence-electron chi connectivity index (χ0n) is 37.4. The summed E-state index contributed by atoms with van der Waals surface area (Å²) < 4.78 is 40.3. The largest absolute Gasteiger partial charge is 0.462 e. The van der Waals surface area contributed by atoms with E-state index in [-0.39, 0.29) is 12.0 Å². The predicted octanol–water partition coefficient (Wildman–Crippen LogP) is 8.60. The molecule has 2 aromatic rings. The molecule has 2 saturated carbocycles. The highest BCUT2D eigenvalue weighted by atomic mass is 16.9. The fraction of sp³-hybridized carbons (Fsp3) is 0.596. The molecule has 0 unspecified atom stereocenters. The van der Waals surface area contributed by atoms with Crippen molar-refractivity contribution in [2.45, 2.75) is 170 Å². The van der Waals surface area contributed by atoms with Crippen molar-refractivity contribution in [1.29, 1.82) is 0 Å². The maximum Gasteiger partial charge on any atom is 0.331 e. The maximum absolute atomic E-state index is 14.4. The van der Waals surface area contributed by atoms with E-state index in [1.165, 1.54) is 63.9 Å². The van der Waals surface area contributed by atoms with Crippen LogP contribution in [-0.4, -0.2) is 81.4 Å². The standard InChI is InChI=1S/C52H66O11/c1-6-7-8-9-10-11-12-13-14-15-16-17-24-29-40(53)58-33-48-45(60-48)42-46-50(34(2)3)44(59-41(54)31-30-37-25-20-18-21-26-37)36(5)51(42,39-32-35(4)43(55)49(39,57)47(48)56)63-52(61-46,62-50)38-27-22-19-23-28-38/h18-23,25-28,30-32,36,39,42,44-47,56-57H,2,6-17,24,29,33H2,1,3-5H3/b31-30+/t36-,39-,42+,44-,45+,46-,47-,48+,49-,50+,51+,52-/m1/s1. The van der Waals surface area contributed by atoms with Gasteiger partial charge in [0.1, 0.15) is 31.0 Å². The third kappa shape index (κ3) is 7.68. The SMILES string of the molecule is C=C(C)[C@@]12O[C@@]3(c4ccccc4)O[C@@H]1[C@@H]1[C@@H]4O[C@]4(COC(=O)CCCCCCCCCCCCCCC)[C@@H](O)[C@]4(O)C(=O)C(C)=C[C@H]4[C@@]1(O3)[C@H](C)[C@H]2OC(=O)/C=C/c1ccccc1. The lowest BCUT2D eigenvalue weighted by Gasteiger charge is -2.61. The first-order chi connectivity index (χ1) is 30.3. The molecule has 3 bridgehead atoms. The van der Waals surface area contributed by atoms with Crippen LogP contribution in [0.5, 0.6) is 0 Å². The van der Waals surface area contributed by atoms with Gasteiger partial charge < -0.3 is 38.6 Å². The van der Waals surface area contributed by atoms with Crippen LogP contribution >= 0.6 is 0 Å². The molecular formula is C52H66O11. The van der Waals surface area contributed by atoms with Gasteiger partial charge in [0.05, 0.1) is 5.60 Å². The summed E-state index contributed by atoms with van der Waals surface area (Å²) in [7, 11) is 0. The summed E-state index contributed by atoms with van der Waals surface area (Å²) in [5.41, 5.74) is -5.31. The van der Waals surface area contributed by atoms with Crippen LogP contribution in [0.2, 0.25) is 0 Å². The molecule has 5 fully saturated rings. The van der Waals surface area contributed by atoms with E-state index in [0.717, 1.165) is 24.8 Å². The highest BCUT2D eigenvalue weighted by Crippen LogP contribution is 2.74. The van der Waals surface area contributed by atoms with E-state index < -0.39 is 94.9 Å². The average molecular weight is 867 g/mol. The van der Waals surface area contributed by atoms with E-state index in [4.69, 9.17) is 28.4 Å². The summed E-state index contributed by atoms with van der Waals surface area (Å²) in [6, 6.07) is 18.4. The average Bonchev–Trinajstić information content (AvgIpc) is 3.89. The minimum Gasteiger partial charge on any atom is -0.462 e. The van der Waals surface area contributed by atoms with E-state index in [1.54, 1.807) is 38.1 Å². The Bertz CT molecular complexity index is 2070. The first-order valence-corrected chi connectivity index (χ1v) is 23.5. The Balaban J connectivity index is 1.05. The van der Waals surface area contributed by atoms with Gasteiger partial charge in [-0.2, -0.15) is 0 Å². The zero-order chi connectivity index (χ0) is 44.6. The smallest absolute Gasteiger partial charge is 0.331 e. The van der Waals surface area contributed by atoms with Gasteiger partial charge in [-0.15, -0.1) is 0 Å². The molecular weight excluding hydrogens is 801 g/mol. The van der Waals surface area contributed by atoms with Crippen molar-refractivity contribution < 1.29 is 53.0 Å². The number of Topliss-reactive ketones (excluding diaryl/α,β-unsaturated/α-hetero) is 1. The van der Waals surface area contributed by atoms with Gasteiger partial charge >= 0.3 is 17.9 Å². The number of ketones is 1. The molecule has 11 heteroatoms. The fourth-order valence-electron chi connectivity index (χ4n) is 11.7. The highest BCUT2D eigenvalue weighted by Gasteiger charge is 2.91. The lowest BCUT2D eigenvalue weighted by Crippen LogP contribution is -2.76. The Kier molecular flexibility index (Phi) is 13.1.